The van der Waals surface area contributed by atoms with Crippen LogP contribution < -0.4 is 0 Å². The van der Waals surface area contributed by atoms with Crippen LogP contribution in [0.3, 0.4) is 0 Å². The summed E-state index contributed by atoms with van der Waals surface area (Å²) >= 11 is 1.79. The molecule has 0 fully saturated rings. The molecule has 2 aromatic heterocycles. The number of hydrogen-bond acceptors (Lipinski definition) is 4. The first kappa shape index (κ1) is 33.1. The van der Waals surface area contributed by atoms with E-state index < -0.39 is 0 Å². The van der Waals surface area contributed by atoms with E-state index in [2.05, 4.69) is 182 Å². The Kier molecular flexibility index (Phi) is 8.01. The molecule has 11 rings (SSSR count). The van der Waals surface area contributed by atoms with Gasteiger partial charge in [-0.05, 0) is 73.1 Å². The Labute approximate surface area is 334 Å². The second-order valence-electron chi connectivity index (χ2n) is 14.3. The third-order valence-corrected chi connectivity index (χ3v) is 12.2. The Bertz CT molecular complexity index is 3300. The summed E-state index contributed by atoms with van der Waals surface area (Å²) < 4.78 is 2.43. The van der Waals surface area contributed by atoms with Gasteiger partial charge in [-0.2, -0.15) is 0 Å². The number of thiophene rings is 1. The van der Waals surface area contributed by atoms with Crippen LogP contribution in [0.4, 0.5) is 0 Å². The van der Waals surface area contributed by atoms with Crippen molar-refractivity contribution in [3.8, 4) is 67.5 Å². The number of hydrogen-bond donors (Lipinski definition) is 0. The summed E-state index contributed by atoms with van der Waals surface area (Å²) in [5.74, 6) is 1.96. The summed E-state index contributed by atoms with van der Waals surface area (Å²) in [5.41, 5.74) is 10.0. The van der Waals surface area contributed by atoms with Gasteiger partial charge in [0, 0.05) is 36.9 Å². The molecule has 0 radical (unpaired) electrons. The van der Waals surface area contributed by atoms with E-state index in [-0.39, 0.29) is 0 Å². The summed E-state index contributed by atoms with van der Waals surface area (Å²) in [7, 11) is 0. The van der Waals surface area contributed by atoms with Gasteiger partial charge < -0.3 is 0 Å². The van der Waals surface area contributed by atoms with Gasteiger partial charge >= 0.3 is 0 Å². The Morgan fingerprint density at radius 2 is 0.842 bits per heavy atom. The maximum Gasteiger partial charge on any atom is 0.165 e. The van der Waals surface area contributed by atoms with Crippen LogP contribution in [-0.4, -0.2) is 15.0 Å². The molecule has 9 aromatic carbocycles. The number of nitrogens with zero attached hydrogens (tertiary/aromatic N) is 3. The zero-order valence-electron chi connectivity index (χ0n) is 30.8. The van der Waals surface area contributed by atoms with Crippen LogP contribution in [0.5, 0.6) is 0 Å². The zero-order valence-corrected chi connectivity index (χ0v) is 31.6. The molecule has 0 aliphatic carbocycles. The standard InChI is InChI=1S/C53H33N3S/c1-3-15-34(16-4-1)41-30-29-35-17-7-8-22-40(35)49(41)45-32-31-39(42-23-9-10-24-43(42)45)37-20-13-21-38(33-37)52-54-51(36-18-5-2-6-19-36)55-53(56-52)47-27-14-26-46-44-25-11-12-28-48(44)57-50(46)47/h1-33H. The van der Waals surface area contributed by atoms with E-state index in [9.17, 15) is 0 Å². The molecule has 0 saturated carbocycles. The molecule has 0 N–H and O–H groups in total. The van der Waals surface area contributed by atoms with E-state index in [0.717, 1.165) is 27.8 Å². The van der Waals surface area contributed by atoms with Gasteiger partial charge in [0.25, 0.3) is 0 Å². The van der Waals surface area contributed by atoms with Crippen LogP contribution in [0.15, 0.2) is 200 Å². The monoisotopic (exact) mass is 743 g/mol. The van der Waals surface area contributed by atoms with Gasteiger partial charge in [-0.3, -0.25) is 0 Å². The highest BCUT2D eigenvalue weighted by molar-refractivity contribution is 7.26. The molecule has 0 aliphatic heterocycles. The van der Waals surface area contributed by atoms with Gasteiger partial charge in [0.2, 0.25) is 0 Å². The van der Waals surface area contributed by atoms with Crippen molar-refractivity contribution in [2.24, 2.45) is 0 Å². The van der Waals surface area contributed by atoms with Gasteiger partial charge in [-0.1, -0.05) is 182 Å². The smallest absolute Gasteiger partial charge is 0.165 e. The fourth-order valence-electron chi connectivity index (χ4n) is 8.28. The molecule has 0 bridgehead atoms. The zero-order chi connectivity index (χ0) is 37.7. The number of benzene rings is 9. The van der Waals surface area contributed by atoms with Crippen molar-refractivity contribution < 1.29 is 0 Å². The van der Waals surface area contributed by atoms with Crippen molar-refractivity contribution in [2.45, 2.75) is 0 Å². The van der Waals surface area contributed by atoms with Crippen molar-refractivity contribution in [3.05, 3.63) is 200 Å². The van der Waals surface area contributed by atoms with E-state index in [1.165, 1.54) is 64.0 Å². The molecule has 0 aliphatic rings. The normalized spacial score (nSPS) is 11.5. The van der Waals surface area contributed by atoms with Crippen LogP contribution in [-0.2, 0) is 0 Å². The Morgan fingerprint density at radius 3 is 1.65 bits per heavy atom. The lowest BCUT2D eigenvalue weighted by Gasteiger charge is -2.18. The molecule has 0 atom stereocenters. The van der Waals surface area contributed by atoms with Gasteiger partial charge in [0.1, 0.15) is 0 Å². The highest BCUT2D eigenvalue weighted by Gasteiger charge is 2.19. The van der Waals surface area contributed by atoms with Crippen molar-refractivity contribution in [2.75, 3.05) is 0 Å². The summed E-state index contributed by atoms with van der Waals surface area (Å²) in [6, 6.07) is 71.2. The average Bonchev–Trinajstić information content (AvgIpc) is 3.68. The highest BCUT2D eigenvalue weighted by Crippen LogP contribution is 2.44. The third-order valence-electron chi connectivity index (χ3n) is 11.0. The van der Waals surface area contributed by atoms with Crippen molar-refractivity contribution in [3.63, 3.8) is 0 Å². The van der Waals surface area contributed by atoms with Gasteiger partial charge in [-0.25, -0.2) is 15.0 Å². The summed E-state index contributed by atoms with van der Waals surface area (Å²) in [6.07, 6.45) is 0. The predicted molar refractivity (Wildman–Crippen MR) is 240 cm³/mol. The molecule has 57 heavy (non-hydrogen) atoms. The van der Waals surface area contributed by atoms with Crippen molar-refractivity contribution in [1.29, 1.82) is 0 Å². The maximum absolute atomic E-state index is 5.22. The highest BCUT2D eigenvalue weighted by atomic mass is 32.1. The van der Waals surface area contributed by atoms with E-state index >= 15 is 0 Å². The largest absolute Gasteiger partial charge is 0.208 e. The van der Waals surface area contributed by atoms with Gasteiger partial charge in [0.05, 0.1) is 0 Å². The molecule has 2 heterocycles. The van der Waals surface area contributed by atoms with E-state index in [0.29, 0.717) is 17.5 Å². The number of fused-ring (bicyclic) bond motifs is 5. The number of aromatic nitrogens is 3. The molecule has 3 nitrogen and oxygen atoms in total. The van der Waals surface area contributed by atoms with Crippen LogP contribution in [0.2, 0.25) is 0 Å². The van der Waals surface area contributed by atoms with Crippen LogP contribution in [0.1, 0.15) is 0 Å². The topological polar surface area (TPSA) is 38.7 Å². The molecule has 0 amide bonds. The first-order valence-electron chi connectivity index (χ1n) is 19.2. The van der Waals surface area contributed by atoms with Gasteiger partial charge in [0.15, 0.2) is 17.5 Å². The van der Waals surface area contributed by atoms with Crippen LogP contribution >= 0.6 is 11.3 Å². The Morgan fingerprint density at radius 1 is 0.298 bits per heavy atom. The average molecular weight is 744 g/mol. The lowest BCUT2D eigenvalue weighted by Crippen LogP contribution is -2.00. The van der Waals surface area contributed by atoms with Crippen LogP contribution in [0, 0.1) is 0 Å². The minimum atomic E-state index is 0.642. The molecule has 4 heteroatoms. The fourth-order valence-corrected chi connectivity index (χ4v) is 9.49. The molecule has 0 saturated heterocycles. The third kappa shape index (κ3) is 5.78. The minimum absolute atomic E-state index is 0.642. The molecule has 0 unspecified atom stereocenters. The molecular formula is C53H33N3S. The number of rotatable bonds is 6. The first-order valence-corrected chi connectivity index (χ1v) is 20.0. The van der Waals surface area contributed by atoms with E-state index in [1.54, 1.807) is 11.3 Å². The summed E-state index contributed by atoms with van der Waals surface area (Å²) in [6.45, 7) is 0. The minimum Gasteiger partial charge on any atom is -0.208 e. The second-order valence-corrected chi connectivity index (χ2v) is 15.4. The summed E-state index contributed by atoms with van der Waals surface area (Å²) in [4.78, 5) is 15.5. The molecular weight excluding hydrogens is 711 g/mol. The predicted octanol–water partition coefficient (Wildman–Crippen LogP) is 14.5. The van der Waals surface area contributed by atoms with Crippen LogP contribution in [0.25, 0.3) is 109 Å². The summed E-state index contributed by atoms with van der Waals surface area (Å²) in [5, 5.41) is 7.33. The van der Waals surface area contributed by atoms with Crippen molar-refractivity contribution in [1.82, 2.24) is 15.0 Å². The van der Waals surface area contributed by atoms with Crippen molar-refractivity contribution >= 4 is 53.1 Å². The molecule has 0 spiro atoms. The fraction of sp³-hybridized carbons (Fsp3) is 0. The quantitative estimate of drug-likeness (QED) is 0.170. The second kappa shape index (κ2) is 13.8. The first-order chi connectivity index (χ1) is 28.3. The molecule has 266 valence electrons. The lowest BCUT2D eigenvalue weighted by molar-refractivity contribution is 1.08. The lowest BCUT2D eigenvalue weighted by atomic mass is 9.85. The van der Waals surface area contributed by atoms with Gasteiger partial charge in [-0.15, -0.1) is 11.3 Å². The maximum atomic E-state index is 5.22. The Hall–Kier alpha value is -7.27. The van der Waals surface area contributed by atoms with E-state index in [1.807, 2.05) is 18.2 Å². The molecule has 11 aromatic rings. The SMILES string of the molecule is c1ccc(-c2nc(-c3cccc(-c4ccc(-c5c(-c6ccccc6)ccc6ccccc56)c5ccccc45)c3)nc(-c3cccc4c3sc3ccccc34)n2)cc1. The Balaban J connectivity index is 1.08. The van der Waals surface area contributed by atoms with E-state index in [4.69, 9.17) is 15.0 Å².